The molecule has 6 rings (SSSR count). The molecule has 0 N–H and O–H groups in total. The van der Waals surface area contributed by atoms with Gasteiger partial charge in [0.2, 0.25) is 5.69 Å². The molecule has 52 heavy (non-hydrogen) atoms. The van der Waals surface area contributed by atoms with Crippen molar-refractivity contribution in [2.75, 3.05) is 0 Å². The molecule has 6 nitrogen and oxygen atoms in total. The molecule has 0 spiro atoms. The minimum absolute atomic E-state index is 0.0718. The minimum Gasteiger partial charge on any atom is -0.237 e. The number of halogens is 6. The van der Waals surface area contributed by atoms with Crippen LogP contribution in [0.4, 0.5) is 32.0 Å². The first kappa shape index (κ1) is 34.5. The van der Waals surface area contributed by atoms with Crippen LogP contribution in [0.1, 0.15) is 50.1 Å². The van der Waals surface area contributed by atoms with Crippen LogP contribution in [0.3, 0.4) is 0 Å². The number of hydrogen-bond donors (Lipinski definition) is 0. The Bertz CT molecular complexity index is 2470. The maximum atomic E-state index is 14.0. The van der Waals surface area contributed by atoms with Gasteiger partial charge in [0, 0.05) is 11.1 Å². The van der Waals surface area contributed by atoms with E-state index in [1.165, 1.54) is 62.4 Å². The Kier molecular flexibility index (Phi) is 8.08. The quantitative estimate of drug-likeness (QED) is 0.119. The molecule has 0 atom stereocenters. The third-order valence-electron chi connectivity index (χ3n) is 8.91. The SMILES string of the molecule is [C-]#[N+]/C(C#N)=C1C2=C(/C(=C(\C#N)[N+]#[C-])c3ccc(-c4cc(C)c([N+]#[C-])c(C(F)(F)F)c4)cc32)c2cc(-c3cc(C)c(C#N)c(C(F)(F)F)c3)ccc2\1. The minimum atomic E-state index is -4.85. The van der Waals surface area contributed by atoms with Crippen LogP contribution in [0.2, 0.25) is 0 Å². The average molecular weight is 695 g/mol. The lowest BCUT2D eigenvalue weighted by Crippen LogP contribution is -2.09. The van der Waals surface area contributed by atoms with E-state index in [4.69, 9.17) is 19.7 Å². The zero-order valence-corrected chi connectivity index (χ0v) is 26.7. The van der Waals surface area contributed by atoms with E-state index in [0.717, 1.165) is 12.1 Å². The van der Waals surface area contributed by atoms with Gasteiger partial charge in [-0.1, -0.05) is 42.5 Å². The highest BCUT2D eigenvalue weighted by Gasteiger charge is 2.41. The molecule has 2 aliphatic carbocycles. The summed E-state index contributed by atoms with van der Waals surface area (Å²) in [5.74, 6) is 0. The lowest BCUT2D eigenvalue weighted by Gasteiger charge is -2.17. The van der Waals surface area contributed by atoms with Gasteiger partial charge in [0.15, 0.2) is 0 Å². The summed E-state index contributed by atoms with van der Waals surface area (Å²) in [5, 5.41) is 29.6. The number of nitrogens with zero attached hydrogens (tertiary/aromatic N) is 6. The van der Waals surface area contributed by atoms with E-state index in [1.54, 1.807) is 6.07 Å². The zero-order valence-electron chi connectivity index (χ0n) is 26.7. The number of benzene rings is 4. The Morgan fingerprint density at radius 1 is 0.577 bits per heavy atom. The van der Waals surface area contributed by atoms with Gasteiger partial charge in [-0.25, -0.2) is 25.1 Å². The molecule has 0 saturated heterocycles. The predicted molar refractivity (Wildman–Crippen MR) is 179 cm³/mol. The third-order valence-corrected chi connectivity index (χ3v) is 8.91. The molecule has 0 heterocycles. The van der Waals surface area contributed by atoms with Crippen LogP contribution in [-0.2, 0) is 12.4 Å². The van der Waals surface area contributed by atoms with Crippen molar-refractivity contribution in [3.63, 3.8) is 0 Å². The van der Waals surface area contributed by atoms with Gasteiger partial charge in [-0.15, -0.1) is 0 Å². The van der Waals surface area contributed by atoms with Crippen molar-refractivity contribution in [3.05, 3.63) is 156 Å². The maximum absolute atomic E-state index is 14.0. The van der Waals surface area contributed by atoms with Crippen LogP contribution in [-0.4, -0.2) is 0 Å². The van der Waals surface area contributed by atoms with Crippen LogP contribution in [0.25, 0.3) is 59.1 Å². The molecule has 0 bridgehead atoms. The van der Waals surface area contributed by atoms with Gasteiger partial charge in [-0.2, -0.15) is 31.6 Å². The smallest absolute Gasteiger partial charge is 0.237 e. The van der Waals surface area contributed by atoms with Crippen LogP contribution in [0.15, 0.2) is 72.1 Å². The molecule has 12 heteroatoms. The number of hydrogen-bond acceptors (Lipinski definition) is 3. The van der Waals surface area contributed by atoms with Crippen molar-refractivity contribution in [2.45, 2.75) is 26.2 Å². The molecule has 2 aliphatic rings. The van der Waals surface area contributed by atoms with E-state index >= 15 is 0 Å². The van der Waals surface area contributed by atoms with Gasteiger partial charge in [-0.05, 0) is 98.8 Å². The summed E-state index contributed by atoms with van der Waals surface area (Å²) in [6.45, 7) is 25.6. The molecule has 0 aliphatic heterocycles. The molecule has 248 valence electrons. The summed E-state index contributed by atoms with van der Waals surface area (Å²) >= 11 is 0. The summed E-state index contributed by atoms with van der Waals surface area (Å²) in [7, 11) is 0. The van der Waals surface area contributed by atoms with Gasteiger partial charge in [0.05, 0.1) is 48.5 Å². The summed E-state index contributed by atoms with van der Waals surface area (Å²) in [6, 6.07) is 18.9. The van der Waals surface area contributed by atoms with E-state index in [9.17, 15) is 42.1 Å². The van der Waals surface area contributed by atoms with Crippen LogP contribution in [0, 0.1) is 67.6 Å². The largest absolute Gasteiger partial charge is 0.417 e. The monoisotopic (exact) mass is 694 g/mol. The lowest BCUT2D eigenvalue weighted by molar-refractivity contribution is -0.138. The first-order valence-corrected chi connectivity index (χ1v) is 14.9. The highest BCUT2D eigenvalue weighted by molar-refractivity contribution is 6.37. The Morgan fingerprint density at radius 2 is 1.02 bits per heavy atom. The van der Waals surface area contributed by atoms with E-state index in [0.29, 0.717) is 22.3 Å². The second kappa shape index (κ2) is 12.2. The average Bonchev–Trinajstić information content (AvgIpc) is 3.60. The highest BCUT2D eigenvalue weighted by atomic mass is 19.4. The summed E-state index contributed by atoms with van der Waals surface area (Å²) in [4.78, 5) is 9.90. The van der Waals surface area contributed by atoms with Crippen molar-refractivity contribution in [2.24, 2.45) is 0 Å². The number of fused-ring (bicyclic) bond motifs is 4. The summed E-state index contributed by atoms with van der Waals surface area (Å²) in [6.07, 6.45) is -9.69. The van der Waals surface area contributed by atoms with Crippen LogP contribution in [0.5, 0.6) is 0 Å². The Morgan fingerprint density at radius 3 is 1.40 bits per heavy atom. The van der Waals surface area contributed by atoms with E-state index in [-0.39, 0.29) is 67.1 Å². The Hall–Kier alpha value is -7.38. The van der Waals surface area contributed by atoms with Gasteiger partial charge >= 0.3 is 12.4 Å². The molecule has 0 fully saturated rings. The maximum Gasteiger partial charge on any atom is 0.417 e. The molecular weight excluding hydrogens is 678 g/mol. The fourth-order valence-electron chi connectivity index (χ4n) is 6.76. The van der Waals surface area contributed by atoms with Gasteiger partial charge in [-0.3, -0.25) is 0 Å². The van der Waals surface area contributed by atoms with Crippen molar-refractivity contribution in [3.8, 4) is 40.5 Å². The normalized spacial score (nSPS) is 14.8. The van der Waals surface area contributed by atoms with E-state index in [1.807, 2.05) is 12.1 Å². The lowest BCUT2D eigenvalue weighted by atomic mass is 9.87. The summed E-state index contributed by atoms with van der Waals surface area (Å²) in [5.41, 5.74) is -1.24. The molecule has 0 saturated carbocycles. The van der Waals surface area contributed by atoms with Crippen molar-refractivity contribution < 1.29 is 26.3 Å². The van der Waals surface area contributed by atoms with Gasteiger partial charge < -0.3 is 0 Å². The topological polar surface area (TPSA) is 84.4 Å². The molecule has 0 radical (unpaired) electrons. The molecule has 4 aromatic carbocycles. The molecule has 0 amide bonds. The molecule has 4 aromatic rings. The molecule has 0 aromatic heterocycles. The van der Waals surface area contributed by atoms with Crippen LogP contribution >= 0.6 is 0 Å². The number of allylic oxidation sites excluding steroid dienone is 6. The number of rotatable bonds is 2. The predicted octanol–water partition coefficient (Wildman–Crippen LogP) is 11.3. The fourth-order valence-corrected chi connectivity index (χ4v) is 6.76. The standard InChI is InChI=1S/C40H16F6N6/c1-19-10-23(14-30(29(19)16-47)39(41,42)43)21-6-8-25-27(12-21)36-35(33(18-49)51-4)26-9-7-22(13-28(26)37(36)34(25)32(17-48)50-3)24-11-20(2)38(52-5)31(15-24)40(44,45)46/h6-15H,1-2H3/b34-32-,35-33+. The highest BCUT2D eigenvalue weighted by Crippen LogP contribution is 2.60. The molecule has 0 unspecified atom stereocenters. The van der Waals surface area contributed by atoms with Crippen LogP contribution < -0.4 is 0 Å². The first-order valence-electron chi connectivity index (χ1n) is 14.9. The summed E-state index contributed by atoms with van der Waals surface area (Å²) < 4.78 is 84.2. The van der Waals surface area contributed by atoms with Crippen molar-refractivity contribution in [1.29, 1.82) is 15.8 Å². The number of alkyl halides is 6. The van der Waals surface area contributed by atoms with Gasteiger partial charge in [0.25, 0.3) is 11.4 Å². The molecular formula is C40H16F6N6. The zero-order chi connectivity index (χ0) is 37.9. The van der Waals surface area contributed by atoms with Crippen molar-refractivity contribution in [1.82, 2.24) is 0 Å². The van der Waals surface area contributed by atoms with E-state index < -0.39 is 34.7 Å². The Balaban J connectivity index is 1.69. The van der Waals surface area contributed by atoms with Gasteiger partial charge in [0.1, 0.15) is 6.07 Å². The first-order chi connectivity index (χ1) is 24.6. The fraction of sp³-hybridized carbons (Fsp3) is 0.100. The number of nitriles is 3. The van der Waals surface area contributed by atoms with Crippen molar-refractivity contribution >= 4 is 28.0 Å². The Labute approximate surface area is 292 Å². The second-order valence-corrected chi connectivity index (χ2v) is 11.8. The second-order valence-electron chi connectivity index (χ2n) is 11.8. The third kappa shape index (κ3) is 5.25. The van der Waals surface area contributed by atoms with E-state index in [2.05, 4.69) is 14.5 Å². The number of aryl methyl sites for hydroxylation is 2.